The van der Waals surface area contributed by atoms with Gasteiger partial charge in [0.1, 0.15) is 11.5 Å². The van der Waals surface area contributed by atoms with Gasteiger partial charge in [0.2, 0.25) is 0 Å². The Hall–Kier alpha value is -2.47. The second kappa shape index (κ2) is 7.10. The Bertz CT molecular complexity index is 1070. The topological polar surface area (TPSA) is 78.9 Å². The Labute approximate surface area is 168 Å². The molecule has 0 saturated carbocycles. The van der Waals surface area contributed by atoms with E-state index in [2.05, 4.69) is 15.1 Å². The lowest BCUT2D eigenvalue weighted by Crippen LogP contribution is -2.12. The molecule has 0 amide bonds. The minimum atomic E-state index is -4.94. The molecule has 0 fully saturated rings. The number of aromatic nitrogens is 4. The number of nitrogens with zero attached hydrogens (tertiary/aromatic N) is 4. The van der Waals surface area contributed by atoms with Gasteiger partial charge in [-0.15, -0.1) is 5.10 Å². The fourth-order valence-electron chi connectivity index (χ4n) is 2.49. The van der Waals surface area contributed by atoms with Crippen LogP contribution in [0.15, 0.2) is 12.1 Å². The summed E-state index contributed by atoms with van der Waals surface area (Å²) < 4.78 is 84.7. The van der Waals surface area contributed by atoms with Crippen molar-refractivity contribution in [1.82, 2.24) is 19.7 Å². The summed E-state index contributed by atoms with van der Waals surface area (Å²) in [5.41, 5.74) is 2.38. The molecule has 0 saturated heterocycles. The molecule has 2 heterocycles. The number of nitrogen functional groups attached to an aromatic ring is 1. The molecule has 0 bridgehead atoms. The van der Waals surface area contributed by atoms with Crippen molar-refractivity contribution < 1.29 is 31.1 Å². The highest BCUT2D eigenvalue weighted by molar-refractivity contribution is 6.38. The Morgan fingerprint density at radius 1 is 1.03 bits per heavy atom. The number of benzene rings is 1. The van der Waals surface area contributed by atoms with Crippen molar-refractivity contribution >= 4 is 40.1 Å². The van der Waals surface area contributed by atoms with Gasteiger partial charge in [-0.05, 0) is 19.1 Å². The van der Waals surface area contributed by atoms with Crippen molar-refractivity contribution in [3.8, 4) is 11.7 Å². The number of anilines is 1. The first-order valence-corrected chi connectivity index (χ1v) is 8.43. The van der Waals surface area contributed by atoms with E-state index in [-0.39, 0.29) is 12.3 Å². The predicted molar refractivity (Wildman–Crippen MR) is 92.3 cm³/mol. The van der Waals surface area contributed by atoms with Crippen molar-refractivity contribution in [2.24, 2.45) is 0 Å². The molecule has 0 radical (unpaired) electrons. The van der Waals surface area contributed by atoms with Crippen LogP contribution in [0.4, 0.5) is 32.2 Å². The summed E-state index contributed by atoms with van der Waals surface area (Å²) in [6.45, 7) is 1.49. The molecule has 29 heavy (non-hydrogen) atoms. The molecule has 6 nitrogen and oxygen atoms in total. The van der Waals surface area contributed by atoms with E-state index in [0.29, 0.717) is 16.8 Å². The summed E-state index contributed by atoms with van der Waals surface area (Å²) in [7, 11) is 0. The van der Waals surface area contributed by atoms with Gasteiger partial charge >= 0.3 is 18.4 Å². The third-order valence-corrected chi connectivity index (χ3v) is 4.22. The molecule has 14 heteroatoms. The zero-order valence-electron chi connectivity index (χ0n) is 14.2. The highest BCUT2D eigenvalue weighted by Gasteiger charge is 2.39. The van der Waals surface area contributed by atoms with Gasteiger partial charge < -0.3 is 10.5 Å². The predicted octanol–water partition coefficient (Wildman–Crippen LogP) is 5.14. The quantitative estimate of drug-likeness (QED) is 0.548. The van der Waals surface area contributed by atoms with Crippen LogP contribution in [0.1, 0.15) is 18.2 Å². The number of hydrogen-bond donors (Lipinski definition) is 1. The highest BCUT2D eigenvalue weighted by Crippen LogP contribution is 2.41. The van der Waals surface area contributed by atoms with Crippen molar-refractivity contribution in [3.63, 3.8) is 0 Å². The molecular formula is C15H9Cl2F6N5O. The molecule has 0 spiro atoms. The molecule has 3 rings (SSSR count). The van der Waals surface area contributed by atoms with Crippen LogP contribution in [-0.2, 0) is 12.4 Å². The van der Waals surface area contributed by atoms with Gasteiger partial charge in [0.25, 0.3) is 0 Å². The first-order valence-electron chi connectivity index (χ1n) is 7.67. The minimum absolute atomic E-state index is 0.0183. The smallest absolute Gasteiger partial charge is 0.434 e. The second-order valence-corrected chi connectivity index (χ2v) is 6.38. The zero-order valence-corrected chi connectivity index (χ0v) is 15.7. The fourth-order valence-corrected chi connectivity index (χ4v) is 3.14. The molecule has 3 aromatic rings. The summed E-state index contributed by atoms with van der Waals surface area (Å²) in [4.78, 5) is 7.07. The van der Waals surface area contributed by atoms with Crippen LogP contribution in [0.25, 0.3) is 16.7 Å². The van der Waals surface area contributed by atoms with E-state index in [4.69, 9.17) is 33.7 Å². The average Bonchev–Trinajstić information content (AvgIpc) is 2.89. The number of rotatable bonds is 3. The van der Waals surface area contributed by atoms with Gasteiger partial charge in [0.15, 0.2) is 11.3 Å². The number of hydrogen-bond acceptors (Lipinski definition) is 5. The van der Waals surface area contributed by atoms with Gasteiger partial charge in [-0.3, -0.25) is 0 Å². The number of ether oxygens (including phenoxy) is 1. The van der Waals surface area contributed by atoms with Gasteiger partial charge in [-0.2, -0.15) is 36.3 Å². The largest absolute Gasteiger partial charge is 0.464 e. The number of halogens is 8. The molecule has 1 aromatic carbocycles. The molecule has 0 unspecified atom stereocenters. The minimum Gasteiger partial charge on any atom is -0.464 e. The lowest BCUT2D eigenvalue weighted by atomic mass is 10.2. The molecule has 0 aliphatic rings. The summed E-state index contributed by atoms with van der Waals surface area (Å²) in [6.07, 6.45) is -9.68. The Kier molecular flexibility index (Phi) is 5.20. The van der Waals surface area contributed by atoms with E-state index in [9.17, 15) is 26.3 Å². The zero-order chi connectivity index (χ0) is 21.7. The third kappa shape index (κ3) is 3.86. The number of nitrogens with two attached hydrogens (primary N) is 1. The Morgan fingerprint density at radius 3 is 2.10 bits per heavy atom. The maximum absolute atomic E-state index is 13.5. The molecule has 0 aliphatic heterocycles. The van der Waals surface area contributed by atoms with Crippen LogP contribution < -0.4 is 10.5 Å². The van der Waals surface area contributed by atoms with Gasteiger partial charge in [0, 0.05) is 0 Å². The van der Waals surface area contributed by atoms with Crippen LogP contribution in [0.5, 0.6) is 6.01 Å². The average molecular weight is 460 g/mol. The van der Waals surface area contributed by atoms with Crippen LogP contribution in [0.3, 0.4) is 0 Å². The summed E-state index contributed by atoms with van der Waals surface area (Å²) in [5, 5.41) is 2.09. The van der Waals surface area contributed by atoms with E-state index < -0.39 is 56.5 Å². The standard InChI is InChI=1S/C15H9Cl2F6N5O/c1-2-29-13-25-10(15(21,22)23)8-11(24)28(27-12(8)26-13)9-6(16)3-5(4-7(9)17)14(18,19)20/h3-4H,2,24H2,1H3. The van der Waals surface area contributed by atoms with E-state index in [1.807, 2.05) is 0 Å². The lowest BCUT2D eigenvalue weighted by Gasteiger charge is -2.13. The van der Waals surface area contributed by atoms with Crippen LogP contribution in [0, 0.1) is 0 Å². The number of fused-ring (bicyclic) bond motifs is 1. The summed E-state index contributed by atoms with van der Waals surface area (Å²) >= 11 is 11.8. The van der Waals surface area contributed by atoms with E-state index in [0.717, 1.165) is 0 Å². The first-order chi connectivity index (χ1) is 13.3. The SMILES string of the molecule is CCOc1nc(C(F)(F)F)c2c(N)n(-c3c(Cl)cc(C(F)(F)F)cc3Cl)nc2n1. The molecule has 0 atom stereocenters. The molecule has 0 aliphatic carbocycles. The Morgan fingerprint density at radius 2 is 1.62 bits per heavy atom. The maximum Gasteiger partial charge on any atom is 0.434 e. The second-order valence-electron chi connectivity index (χ2n) is 5.57. The van der Waals surface area contributed by atoms with Gasteiger partial charge in [0.05, 0.1) is 27.6 Å². The summed E-state index contributed by atoms with van der Waals surface area (Å²) in [5.74, 6) is -0.612. The number of alkyl halides is 6. The molecule has 2 N–H and O–H groups in total. The monoisotopic (exact) mass is 459 g/mol. The molecule has 2 aromatic heterocycles. The molecular weight excluding hydrogens is 451 g/mol. The van der Waals surface area contributed by atoms with Crippen LogP contribution in [0.2, 0.25) is 10.0 Å². The summed E-state index contributed by atoms with van der Waals surface area (Å²) in [6, 6.07) is 0.508. The van der Waals surface area contributed by atoms with Crippen molar-refractivity contribution in [2.75, 3.05) is 12.3 Å². The first kappa shape index (κ1) is 21.2. The highest BCUT2D eigenvalue weighted by atomic mass is 35.5. The Balaban J connectivity index is 2.31. The third-order valence-electron chi connectivity index (χ3n) is 3.65. The lowest BCUT2D eigenvalue weighted by molar-refractivity contribution is -0.140. The maximum atomic E-state index is 13.5. The van der Waals surface area contributed by atoms with Gasteiger partial charge in [-0.1, -0.05) is 23.2 Å². The normalized spacial score (nSPS) is 12.6. The van der Waals surface area contributed by atoms with Crippen LogP contribution >= 0.6 is 23.2 Å². The van der Waals surface area contributed by atoms with Crippen LogP contribution in [-0.4, -0.2) is 26.4 Å². The fraction of sp³-hybridized carbons (Fsp3) is 0.267. The van der Waals surface area contributed by atoms with Crippen molar-refractivity contribution in [3.05, 3.63) is 33.4 Å². The van der Waals surface area contributed by atoms with Crippen molar-refractivity contribution in [2.45, 2.75) is 19.3 Å². The van der Waals surface area contributed by atoms with Crippen molar-refractivity contribution in [1.29, 1.82) is 0 Å². The van der Waals surface area contributed by atoms with Gasteiger partial charge in [-0.25, -0.2) is 4.68 Å². The van der Waals surface area contributed by atoms with E-state index >= 15 is 0 Å². The van der Waals surface area contributed by atoms with E-state index in [1.165, 1.54) is 6.92 Å². The molecule has 156 valence electrons. The van der Waals surface area contributed by atoms with E-state index in [1.54, 1.807) is 0 Å².